The number of halogens is 1. The minimum absolute atomic E-state index is 0.545. The summed E-state index contributed by atoms with van der Waals surface area (Å²) in [6.45, 7) is 2.08. The van der Waals surface area contributed by atoms with Gasteiger partial charge in [-0.2, -0.15) is 0 Å². The minimum atomic E-state index is 0.545. The molecule has 0 aliphatic rings. The van der Waals surface area contributed by atoms with E-state index in [1.165, 1.54) is 11.1 Å². The van der Waals surface area contributed by atoms with Gasteiger partial charge in [0.25, 0.3) is 0 Å². The first kappa shape index (κ1) is 12.2. The number of fused-ring (bicyclic) bond motifs is 1. The van der Waals surface area contributed by atoms with Crippen molar-refractivity contribution in [2.75, 3.05) is 0 Å². The largest absolute Gasteiger partial charge is 0.422 e. The summed E-state index contributed by atoms with van der Waals surface area (Å²) >= 11 is 5.87. The Morgan fingerprint density at radius 1 is 1.16 bits per heavy atom. The number of oxazole rings is 1. The van der Waals surface area contributed by atoms with E-state index in [-0.39, 0.29) is 0 Å². The highest BCUT2D eigenvalue weighted by Crippen LogP contribution is 2.18. The molecule has 0 saturated heterocycles. The summed E-state index contributed by atoms with van der Waals surface area (Å²) in [5.41, 5.74) is 3.80. The molecule has 0 atom stereocenters. The molecule has 1 aromatic carbocycles. The maximum atomic E-state index is 5.87. The van der Waals surface area contributed by atoms with E-state index in [9.17, 15) is 0 Å². The first-order valence-corrected chi connectivity index (χ1v) is 6.55. The molecular formula is C15H13ClN2O. The molecule has 2 aromatic heterocycles. The van der Waals surface area contributed by atoms with Crippen LogP contribution < -0.4 is 0 Å². The third kappa shape index (κ3) is 2.76. The molecule has 0 radical (unpaired) electrons. The molecule has 0 fully saturated rings. The Morgan fingerprint density at radius 3 is 2.74 bits per heavy atom. The maximum absolute atomic E-state index is 5.87. The first-order valence-electron chi connectivity index (χ1n) is 6.17. The van der Waals surface area contributed by atoms with Crippen molar-refractivity contribution in [3.8, 4) is 0 Å². The molecule has 3 rings (SSSR count). The van der Waals surface area contributed by atoms with Crippen molar-refractivity contribution in [2.45, 2.75) is 19.8 Å². The second-order valence-electron chi connectivity index (χ2n) is 4.57. The standard InChI is InChI=1S/C15H13ClN2O/c1-10-2-4-11(5-3-10)6-7-14-18-13-8-12(16)9-17-15(13)19-14/h2-5,8-9H,6-7H2,1H3. The molecule has 4 heteroatoms. The molecule has 19 heavy (non-hydrogen) atoms. The molecule has 0 aliphatic heterocycles. The van der Waals surface area contributed by atoms with Gasteiger partial charge in [0.05, 0.1) is 5.02 Å². The number of hydrogen-bond donors (Lipinski definition) is 0. The number of benzene rings is 1. The molecule has 0 bridgehead atoms. The Balaban J connectivity index is 1.76. The Labute approximate surface area is 116 Å². The van der Waals surface area contributed by atoms with Crippen molar-refractivity contribution in [1.29, 1.82) is 0 Å². The van der Waals surface area contributed by atoms with E-state index in [0.29, 0.717) is 22.1 Å². The van der Waals surface area contributed by atoms with Gasteiger partial charge in [0.2, 0.25) is 5.71 Å². The number of nitrogens with zero attached hydrogens (tertiary/aromatic N) is 2. The fourth-order valence-corrected chi connectivity index (χ4v) is 2.11. The van der Waals surface area contributed by atoms with Crippen LogP contribution in [-0.4, -0.2) is 9.97 Å². The van der Waals surface area contributed by atoms with Crippen molar-refractivity contribution < 1.29 is 4.42 Å². The molecule has 0 saturated carbocycles. The molecule has 0 spiro atoms. The van der Waals surface area contributed by atoms with Crippen LogP contribution in [0.5, 0.6) is 0 Å². The highest BCUT2D eigenvalue weighted by atomic mass is 35.5. The molecule has 0 amide bonds. The molecule has 0 N–H and O–H groups in total. The monoisotopic (exact) mass is 272 g/mol. The van der Waals surface area contributed by atoms with E-state index in [2.05, 4.69) is 41.2 Å². The number of aromatic nitrogens is 2. The summed E-state index contributed by atoms with van der Waals surface area (Å²) in [5.74, 6) is 0.699. The van der Waals surface area contributed by atoms with Crippen molar-refractivity contribution >= 4 is 22.8 Å². The SMILES string of the molecule is Cc1ccc(CCc2nc3cc(Cl)cnc3o2)cc1. The van der Waals surface area contributed by atoms with Gasteiger partial charge in [-0.25, -0.2) is 9.97 Å². The maximum Gasteiger partial charge on any atom is 0.247 e. The summed E-state index contributed by atoms with van der Waals surface area (Å²) < 4.78 is 5.59. The molecule has 3 aromatic rings. The predicted octanol–water partition coefficient (Wildman–Crippen LogP) is 3.97. The van der Waals surface area contributed by atoms with Crippen LogP contribution in [0.1, 0.15) is 17.0 Å². The number of aryl methyl sites for hydroxylation is 3. The quantitative estimate of drug-likeness (QED) is 0.724. The third-order valence-corrected chi connectivity index (χ3v) is 3.21. The van der Waals surface area contributed by atoms with Gasteiger partial charge >= 0.3 is 0 Å². The minimum Gasteiger partial charge on any atom is -0.422 e. The van der Waals surface area contributed by atoms with Crippen LogP contribution in [0.2, 0.25) is 5.02 Å². The molecule has 0 aliphatic carbocycles. The first-order chi connectivity index (χ1) is 9.20. The van der Waals surface area contributed by atoms with Gasteiger partial charge in [0.15, 0.2) is 5.89 Å². The van der Waals surface area contributed by atoms with Gasteiger partial charge in [-0.05, 0) is 25.0 Å². The van der Waals surface area contributed by atoms with E-state index in [0.717, 1.165) is 12.8 Å². The molecule has 0 unspecified atom stereocenters. The normalized spacial score (nSPS) is 11.1. The molecule has 96 valence electrons. The fraction of sp³-hybridized carbons (Fsp3) is 0.200. The van der Waals surface area contributed by atoms with Gasteiger partial charge in [0, 0.05) is 12.6 Å². The van der Waals surface area contributed by atoms with Crippen molar-refractivity contribution in [3.05, 3.63) is 58.6 Å². The Bertz CT molecular complexity index is 704. The van der Waals surface area contributed by atoms with E-state index in [1.807, 2.05) is 0 Å². The fourth-order valence-electron chi connectivity index (χ4n) is 1.96. The second kappa shape index (κ2) is 5.02. The molecule has 2 heterocycles. The highest BCUT2D eigenvalue weighted by Gasteiger charge is 2.07. The van der Waals surface area contributed by atoms with Crippen molar-refractivity contribution in [3.63, 3.8) is 0 Å². The van der Waals surface area contributed by atoms with E-state index in [1.54, 1.807) is 12.3 Å². The number of rotatable bonds is 3. The Morgan fingerprint density at radius 2 is 1.95 bits per heavy atom. The van der Waals surface area contributed by atoms with Gasteiger partial charge in [-0.3, -0.25) is 0 Å². The zero-order chi connectivity index (χ0) is 13.2. The van der Waals surface area contributed by atoms with Gasteiger partial charge in [-0.1, -0.05) is 41.4 Å². The van der Waals surface area contributed by atoms with E-state index < -0.39 is 0 Å². The van der Waals surface area contributed by atoms with Crippen molar-refractivity contribution in [1.82, 2.24) is 9.97 Å². The zero-order valence-corrected chi connectivity index (χ0v) is 11.3. The van der Waals surface area contributed by atoms with Crippen molar-refractivity contribution in [2.24, 2.45) is 0 Å². The van der Waals surface area contributed by atoms with Crippen LogP contribution in [0.25, 0.3) is 11.2 Å². The topological polar surface area (TPSA) is 38.9 Å². The summed E-state index contributed by atoms with van der Waals surface area (Å²) in [7, 11) is 0. The zero-order valence-electron chi connectivity index (χ0n) is 10.6. The van der Waals surface area contributed by atoms with E-state index >= 15 is 0 Å². The summed E-state index contributed by atoms with van der Waals surface area (Å²) in [4.78, 5) is 8.50. The molecular weight excluding hydrogens is 260 g/mol. The lowest BCUT2D eigenvalue weighted by atomic mass is 10.1. The van der Waals surface area contributed by atoms with Crippen LogP contribution in [0.3, 0.4) is 0 Å². The number of pyridine rings is 1. The summed E-state index contributed by atoms with van der Waals surface area (Å²) in [6.07, 6.45) is 3.23. The summed E-state index contributed by atoms with van der Waals surface area (Å²) in [6, 6.07) is 10.3. The third-order valence-electron chi connectivity index (χ3n) is 3.01. The highest BCUT2D eigenvalue weighted by molar-refractivity contribution is 6.30. The average molecular weight is 273 g/mol. The average Bonchev–Trinajstić information content (AvgIpc) is 2.80. The lowest BCUT2D eigenvalue weighted by Crippen LogP contribution is -1.91. The van der Waals surface area contributed by atoms with Crippen LogP contribution >= 0.6 is 11.6 Å². The van der Waals surface area contributed by atoms with Gasteiger partial charge in [-0.15, -0.1) is 0 Å². The van der Waals surface area contributed by atoms with Crippen LogP contribution in [-0.2, 0) is 12.8 Å². The van der Waals surface area contributed by atoms with E-state index in [4.69, 9.17) is 16.0 Å². The predicted molar refractivity (Wildman–Crippen MR) is 75.4 cm³/mol. The lowest BCUT2D eigenvalue weighted by molar-refractivity contribution is 0.520. The Kier molecular flexibility index (Phi) is 3.22. The Hall–Kier alpha value is -1.87. The summed E-state index contributed by atoms with van der Waals surface area (Å²) in [5, 5.41) is 0.575. The van der Waals surface area contributed by atoms with Crippen LogP contribution in [0.15, 0.2) is 40.9 Å². The van der Waals surface area contributed by atoms with Gasteiger partial charge < -0.3 is 4.42 Å². The van der Waals surface area contributed by atoms with Crippen LogP contribution in [0.4, 0.5) is 0 Å². The smallest absolute Gasteiger partial charge is 0.247 e. The number of hydrogen-bond acceptors (Lipinski definition) is 3. The lowest BCUT2D eigenvalue weighted by Gasteiger charge is -1.99. The van der Waals surface area contributed by atoms with Crippen LogP contribution in [0, 0.1) is 6.92 Å². The molecule has 3 nitrogen and oxygen atoms in total. The van der Waals surface area contributed by atoms with Gasteiger partial charge in [0.1, 0.15) is 5.52 Å². The second-order valence-corrected chi connectivity index (χ2v) is 5.01.